The van der Waals surface area contributed by atoms with Crippen LogP contribution in [0.5, 0.6) is 0 Å². The van der Waals surface area contributed by atoms with Crippen molar-refractivity contribution < 1.29 is 19.5 Å². The molecule has 2 heterocycles. The molecule has 0 saturated carbocycles. The van der Waals surface area contributed by atoms with Gasteiger partial charge in [0.25, 0.3) is 0 Å². The molecule has 0 radical (unpaired) electrons. The van der Waals surface area contributed by atoms with E-state index in [1.807, 2.05) is 0 Å². The van der Waals surface area contributed by atoms with Crippen molar-refractivity contribution in [1.82, 2.24) is 14.7 Å². The minimum Gasteiger partial charge on any atom is -0.481 e. The van der Waals surface area contributed by atoms with Gasteiger partial charge in [0.05, 0.1) is 12.5 Å². The molecule has 0 bridgehead atoms. The van der Waals surface area contributed by atoms with Crippen LogP contribution in [0.4, 0.5) is 4.79 Å². The number of urea groups is 1. The number of rotatable bonds is 2. The number of amides is 3. The normalized spacial score (nSPS) is 23.1. The highest BCUT2D eigenvalue weighted by molar-refractivity contribution is 7.99. The van der Waals surface area contributed by atoms with E-state index in [2.05, 4.69) is 0 Å². The van der Waals surface area contributed by atoms with Crippen LogP contribution >= 0.6 is 11.8 Å². The van der Waals surface area contributed by atoms with E-state index in [0.29, 0.717) is 38.5 Å². The molecule has 21 heavy (non-hydrogen) atoms. The number of carboxylic acid groups (broad SMARTS) is 1. The van der Waals surface area contributed by atoms with Gasteiger partial charge < -0.3 is 19.8 Å². The molecule has 1 N–H and O–H groups in total. The predicted molar refractivity (Wildman–Crippen MR) is 79.3 cm³/mol. The minimum absolute atomic E-state index is 0.00779. The number of piperazine rings is 1. The quantitative estimate of drug-likeness (QED) is 0.785. The highest BCUT2D eigenvalue weighted by Gasteiger charge is 2.33. The largest absolute Gasteiger partial charge is 0.481 e. The average molecular weight is 315 g/mol. The zero-order valence-electron chi connectivity index (χ0n) is 12.2. The number of carbonyl (C=O) groups is 3. The van der Waals surface area contributed by atoms with E-state index >= 15 is 0 Å². The van der Waals surface area contributed by atoms with Gasteiger partial charge in [0.2, 0.25) is 5.91 Å². The number of hydrogen-bond acceptors (Lipinski definition) is 4. The van der Waals surface area contributed by atoms with Crippen molar-refractivity contribution in [1.29, 1.82) is 0 Å². The summed E-state index contributed by atoms with van der Waals surface area (Å²) in [4.78, 5) is 39.9. The molecule has 0 spiro atoms. The molecule has 0 aromatic heterocycles. The van der Waals surface area contributed by atoms with E-state index in [0.717, 1.165) is 5.75 Å². The highest BCUT2D eigenvalue weighted by atomic mass is 32.2. The van der Waals surface area contributed by atoms with Crippen LogP contribution in [0.2, 0.25) is 0 Å². The van der Waals surface area contributed by atoms with Crippen LogP contribution in [0.25, 0.3) is 0 Å². The summed E-state index contributed by atoms with van der Waals surface area (Å²) >= 11 is 1.69. The molecule has 2 rings (SSSR count). The summed E-state index contributed by atoms with van der Waals surface area (Å²) in [5.41, 5.74) is 0. The third-order valence-electron chi connectivity index (χ3n) is 3.88. The number of thioether (sulfide) groups is 1. The van der Waals surface area contributed by atoms with Gasteiger partial charge in [-0.05, 0) is 0 Å². The molecule has 8 heteroatoms. The van der Waals surface area contributed by atoms with Crippen molar-refractivity contribution in [3.8, 4) is 0 Å². The lowest BCUT2D eigenvalue weighted by Gasteiger charge is -2.41. The van der Waals surface area contributed by atoms with Crippen molar-refractivity contribution in [3.05, 3.63) is 0 Å². The van der Waals surface area contributed by atoms with Crippen molar-refractivity contribution in [3.63, 3.8) is 0 Å². The molecular weight excluding hydrogens is 294 g/mol. The third kappa shape index (κ3) is 4.03. The Balaban J connectivity index is 1.94. The van der Waals surface area contributed by atoms with Gasteiger partial charge in [-0.25, -0.2) is 4.79 Å². The van der Waals surface area contributed by atoms with Gasteiger partial charge in [0.1, 0.15) is 0 Å². The first-order valence-corrected chi connectivity index (χ1v) is 8.25. The number of nitrogens with zero attached hydrogens (tertiary/aromatic N) is 3. The van der Waals surface area contributed by atoms with Gasteiger partial charge in [-0.15, -0.1) is 0 Å². The first kappa shape index (κ1) is 15.9. The molecule has 0 aromatic carbocycles. The maximum Gasteiger partial charge on any atom is 0.320 e. The molecule has 0 aromatic rings. The number of hydrogen-bond donors (Lipinski definition) is 1. The molecule has 7 nitrogen and oxygen atoms in total. The van der Waals surface area contributed by atoms with Crippen LogP contribution in [-0.2, 0) is 9.59 Å². The Bertz CT molecular complexity index is 424. The number of carboxylic acids is 1. The molecule has 1 atom stereocenters. The second kappa shape index (κ2) is 7.02. The van der Waals surface area contributed by atoms with Crippen molar-refractivity contribution in [2.24, 2.45) is 0 Å². The Morgan fingerprint density at radius 3 is 2.29 bits per heavy atom. The third-order valence-corrected chi connectivity index (χ3v) is 4.97. The van der Waals surface area contributed by atoms with Gasteiger partial charge in [-0.3, -0.25) is 9.59 Å². The van der Waals surface area contributed by atoms with Gasteiger partial charge in [0, 0.05) is 51.2 Å². The molecule has 2 fully saturated rings. The maximum atomic E-state index is 12.6. The summed E-state index contributed by atoms with van der Waals surface area (Å²) in [7, 11) is 0. The molecule has 3 amide bonds. The lowest BCUT2D eigenvalue weighted by Crippen LogP contribution is -2.57. The summed E-state index contributed by atoms with van der Waals surface area (Å²) < 4.78 is 0. The average Bonchev–Trinajstić information content (AvgIpc) is 2.46. The Morgan fingerprint density at radius 2 is 1.71 bits per heavy atom. The van der Waals surface area contributed by atoms with E-state index in [4.69, 9.17) is 5.11 Å². The molecule has 0 aliphatic carbocycles. The van der Waals surface area contributed by atoms with Gasteiger partial charge in [-0.2, -0.15) is 11.8 Å². The van der Waals surface area contributed by atoms with Gasteiger partial charge in [-0.1, -0.05) is 0 Å². The second-order valence-corrected chi connectivity index (χ2v) is 6.45. The molecule has 1 unspecified atom stereocenters. The zero-order chi connectivity index (χ0) is 15.4. The van der Waals surface area contributed by atoms with Crippen LogP contribution in [0, 0.1) is 0 Å². The minimum atomic E-state index is -0.873. The topological polar surface area (TPSA) is 81.2 Å². The fraction of sp³-hybridized carbons (Fsp3) is 0.769. The lowest BCUT2D eigenvalue weighted by atomic mass is 10.2. The molecule has 2 saturated heterocycles. The van der Waals surface area contributed by atoms with E-state index in [9.17, 15) is 14.4 Å². The maximum absolute atomic E-state index is 12.6. The summed E-state index contributed by atoms with van der Waals surface area (Å²) in [6.45, 7) is 4.25. The fourth-order valence-electron chi connectivity index (χ4n) is 2.67. The van der Waals surface area contributed by atoms with E-state index in [1.54, 1.807) is 26.5 Å². The molecule has 2 aliphatic rings. The summed E-state index contributed by atoms with van der Waals surface area (Å²) in [6, 6.07) is -0.329. The van der Waals surface area contributed by atoms with Crippen molar-refractivity contribution in [2.45, 2.75) is 19.4 Å². The Hall–Kier alpha value is -1.44. The number of carbonyl (C=O) groups excluding carboxylic acids is 2. The number of aliphatic carboxylic acids is 1. The van der Waals surface area contributed by atoms with E-state index in [-0.39, 0.29) is 24.4 Å². The monoisotopic (exact) mass is 315 g/mol. The van der Waals surface area contributed by atoms with Gasteiger partial charge >= 0.3 is 12.0 Å². The SMILES string of the molecule is CC(=O)N1CCN(C(=O)N2CCSCC2CC(=O)O)CC1. The Kier molecular flexibility index (Phi) is 5.33. The smallest absolute Gasteiger partial charge is 0.320 e. The van der Waals surface area contributed by atoms with Crippen LogP contribution < -0.4 is 0 Å². The Labute approximate surface area is 128 Å². The van der Waals surface area contributed by atoms with Crippen LogP contribution in [0.3, 0.4) is 0 Å². The summed E-state index contributed by atoms with van der Waals surface area (Å²) in [5, 5.41) is 8.97. The molecule has 118 valence electrons. The van der Waals surface area contributed by atoms with Crippen molar-refractivity contribution >= 4 is 29.7 Å². The standard InChI is InChI=1S/C13H21N3O4S/c1-10(17)14-2-4-15(5-3-14)13(20)16-6-7-21-9-11(16)8-12(18)19/h11H,2-9H2,1H3,(H,18,19). The summed E-state index contributed by atoms with van der Waals surface area (Å²) in [6.07, 6.45) is -0.00779. The first-order valence-electron chi connectivity index (χ1n) is 7.09. The predicted octanol–water partition coefficient (Wildman–Crippen LogP) is 0.163. The van der Waals surface area contributed by atoms with Crippen LogP contribution in [0.15, 0.2) is 0 Å². The van der Waals surface area contributed by atoms with Gasteiger partial charge in [0.15, 0.2) is 0 Å². The van der Waals surface area contributed by atoms with Crippen LogP contribution in [-0.4, -0.2) is 88.0 Å². The Morgan fingerprint density at radius 1 is 1.10 bits per heavy atom. The second-order valence-electron chi connectivity index (χ2n) is 5.30. The van der Waals surface area contributed by atoms with E-state index in [1.165, 1.54) is 6.92 Å². The van der Waals surface area contributed by atoms with Crippen molar-refractivity contribution in [2.75, 3.05) is 44.2 Å². The van der Waals surface area contributed by atoms with E-state index < -0.39 is 5.97 Å². The zero-order valence-corrected chi connectivity index (χ0v) is 13.0. The fourth-order valence-corrected chi connectivity index (χ4v) is 3.73. The lowest BCUT2D eigenvalue weighted by molar-refractivity contribution is -0.138. The summed E-state index contributed by atoms with van der Waals surface area (Å²) in [5.74, 6) is 0.669. The molecular formula is C13H21N3O4S. The molecule has 2 aliphatic heterocycles. The first-order chi connectivity index (χ1) is 9.99. The highest BCUT2D eigenvalue weighted by Crippen LogP contribution is 2.21. The van der Waals surface area contributed by atoms with Crippen LogP contribution in [0.1, 0.15) is 13.3 Å².